The fraction of sp³-hybridized carbons (Fsp3) is 0.538. The van der Waals surface area contributed by atoms with E-state index in [2.05, 4.69) is 26.0 Å². The van der Waals surface area contributed by atoms with Crippen molar-refractivity contribution in [2.75, 3.05) is 31.9 Å². The summed E-state index contributed by atoms with van der Waals surface area (Å²) in [6, 6.07) is 5.44. The summed E-state index contributed by atoms with van der Waals surface area (Å²) in [7, 11) is 5.17. The Bertz CT molecular complexity index is 1340. The number of anilines is 3. The van der Waals surface area contributed by atoms with Gasteiger partial charge in [-0.2, -0.15) is 9.61 Å². The number of hydrogen-bond donors (Lipinski definition) is 3. The van der Waals surface area contributed by atoms with Crippen LogP contribution in [0.2, 0.25) is 0 Å². The lowest BCUT2D eigenvalue weighted by Crippen LogP contribution is -2.59. The molecule has 11 heteroatoms. The van der Waals surface area contributed by atoms with Gasteiger partial charge in [0.15, 0.2) is 5.65 Å². The van der Waals surface area contributed by atoms with Gasteiger partial charge < -0.3 is 30.0 Å². The van der Waals surface area contributed by atoms with Crippen molar-refractivity contribution in [1.82, 2.24) is 24.5 Å². The molecule has 0 aromatic carbocycles. The van der Waals surface area contributed by atoms with Gasteiger partial charge in [-0.3, -0.25) is 9.59 Å². The molecule has 1 amide bonds. The molecule has 3 aromatic heterocycles. The van der Waals surface area contributed by atoms with Crippen LogP contribution in [0.4, 0.5) is 17.3 Å². The largest absolute Gasteiger partial charge is 0.381 e. The number of fused-ring (bicyclic) bond motifs is 1. The molecule has 1 unspecified atom stereocenters. The zero-order chi connectivity index (χ0) is 26.2. The van der Waals surface area contributed by atoms with Gasteiger partial charge in [-0.05, 0) is 57.6 Å². The zero-order valence-corrected chi connectivity index (χ0v) is 21.8. The molecule has 2 atom stereocenters. The lowest BCUT2D eigenvalue weighted by molar-refractivity contribution is -0.0828. The van der Waals surface area contributed by atoms with Crippen LogP contribution in [-0.4, -0.2) is 64.1 Å². The number of rotatable bonds is 8. The van der Waals surface area contributed by atoms with Gasteiger partial charge in [0.05, 0.1) is 23.9 Å². The first kappa shape index (κ1) is 25.2. The van der Waals surface area contributed by atoms with Crippen LogP contribution in [0.25, 0.3) is 5.65 Å². The number of hydrogen-bond acceptors (Lipinski definition) is 8. The summed E-state index contributed by atoms with van der Waals surface area (Å²) in [5.41, 5.74) is 0.688. The van der Waals surface area contributed by atoms with E-state index in [1.165, 1.54) is 6.20 Å². The van der Waals surface area contributed by atoms with E-state index in [9.17, 15) is 9.59 Å². The Kier molecular flexibility index (Phi) is 6.91. The third kappa shape index (κ3) is 4.69. The van der Waals surface area contributed by atoms with Crippen molar-refractivity contribution in [2.45, 2.75) is 69.2 Å². The molecule has 3 heterocycles. The average molecular weight is 510 g/mol. The monoisotopic (exact) mass is 509 g/mol. The molecule has 11 nitrogen and oxygen atoms in total. The van der Waals surface area contributed by atoms with Gasteiger partial charge in [0, 0.05) is 39.6 Å². The summed E-state index contributed by atoms with van der Waals surface area (Å²) >= 11 is 0. The summed E-state index contributed by atoms with van der Waals surface area (Å²) in [6.07, 6.45) is 9.02. The third-order valence-corrected chi connectivity index (χ3v) is 8.02. The minimum atomic E-state index is -0.370. The third-order valence-electron chi connectivity index (χ3n) is 8.02. The molecule has 2 aliphatic rings. The molecule has 3 N–H and O–H groups in total. The van der Waals surface area contributed by atoms with Crippen molar-refractivity contribution >= 4 is 28.9 Å². The van der Waals surface area contributed by atoms with Gasteiger partial charge >= 0.3 is 0 Å². The van der Waals surface area contributed by atoms with Gasteiger partial charge in [0.25, 0.3) is 11.5 Å². The van der Waals surface area contributed by atoms with Crippen molar-refractivity contribution in [3.63, 3.8) is 0 Å². The van der Waals surface area contributed by atoms with Crippen LogP contribution in [0, 0.1) is 0 Å². The Morgan fingerprint density at radius 2 is 1.97 bits per heavy atom. The maximum atomic E-state index is 13.3. The number of nitrogens with zero attached hydrogens (tertiary/aromatic N) is 4. The minimum absolute atomic E-state index is 0.0771. The Morgan fingerprint density at radius 1 is 1.19 bits per heavy atom. The molecule has 2 aliphatic carbocycles. The predicted octanol–water partition coefficient (Wildman–Crippen LogP) is 3.10. The van der Waals surface area contributed by atoms with Gasteiger partial charge in [-0.15, -0.1) is 0 Å². The Balaban J connectivity index is 1.41. The highest BCUT2D eigenvalue weighted by Crippen LogP contribution is 2.35. The van der Waals surface area contributed by atoms with Gasteiger partial charge in [-0.1, -0.05) is 0 Å². The molecule has 5 rings (SSSR count). The fourth-order valence-corrected chi connectivity index (χ4v) is 5.36. The van der Waals surface area contributed by atoms with Gasteiger partial charge in [-0.25, -0.2) is 4.98 Å². The summed E-state index contributed by atoms with van der Waals surface area (Å²) < 4.78 is 14.4. The van der Waals surface area contributed by atoms with Gasteiger partial charge in [0.1, 0.15) is 22.9 Å². The standard InChI is InChI=1S/C26H35N7O4/c1-26(37-4)12-11-20(26)30-24(34)18-15-28-33-22(27-2)14-21(31-23(18)33)29-19-6-5-13-32(25(19)35)16-7-9-17(36-3)10-8-16/h5-6,13-17,20,27H,7-12H2,1-4H3,(H,29,31)(H,30,34)/t16-,17-,20?,26-/m0/s1. The number of pyridine rings is 1. The van der Waals surface area contributed by atoms with Crippen LogP contribution in [0.1, 0.15) is 61.8 Å². The number of methoxy groups -OCH3 is 2. The number of carbonyl (C=O) groups excluding carboxylic acids is 1. The summed E-state index contributed by atoms with van der Waals surface area (Å²) in [5.74, 6) is 0.809. The number of carbonyl (C=O) groups is 1. The smallest absolute Gasteiger partial charge is 0.274 e. The van der Waals surface area contributed by atoms with E-state index in [1.54, 1.807) is 42.5 Å². The number of nitrogens with one attached hydrogen (secondary N) is 3. The van der Waals surface area contributed by atoms with Crippen LogP contribution >= 0.6 is 0 Å². The topological polar surface area (TPSA) is 124 Å². The minimum Gasteiger partial charge on any atom is -0.381 e. The molecular weight excluding hydrogens is 474 g/mol. The van der Waals surface area contributed by atoms with Crippen LogP contribution < -0.4 is 21.5 Å². The Hall–Kier alpha value is -3.44. The lowest BCUT2D eigenvalue weighted by Gasteiger charge is -2.45. The number of amides is 1. The van der Waals surface area contributed by atoms with E-state index >= 15 is 0 Å². The summed E-state index contributed by atoms with van der Waals surface area (Å²) in [6.45, 7) is 1.99. The quantitative estimate of drug-likeness (QED) is 0.423. The molecule has 0 radical (unpaired) electrons. The maximum absolute atomic E-state index is 13.3. The average Bonchev–Trinajstić information content (AvgIpc) is 3.35. The van der Waals surface area contributed by atoms with Gasteiger partial charge in [0.2, 0.25) is 0 Å². The van der Waals surface area contributed by atoms with Crippen molar-refractivity contribution in [3.05, 3.63) is 46.5 Å². The molecule has 0 saturated heterocycles. The molecule has 0 bridgehead atoms. The number of aromatic nitrogens is 4. The zero-order valence-electron chi connectivity index (χ0n) is 21.8. The second-order valence-electron chi connectivity index (χ2n) is 10.1. The molecule has 2 saturated carbocycles. The van der Waals surface area contributed by atoms with E-state index in [0.717, 1.165) is 38.5 Å². The summed E-state index contributed by atoms with van der Waals surface area (Å²) in [5, 5.41) is 13.7. The molecule has 198 valence electrons. The molecule has 37 heavy (non-hydrogen) atoms. The maximum Gasteiger partial charge on any atom is 0.274 e. The first-order valence-corrected chi connectivity index (χ1v) is 12.8. The van der Waals surface area contributed by atoms with E-state index in [4.69, 9.17) is 9.47 Å². The van der Waals surface area contributed by atoms with E-state index in [0.29, 0.717) is 28.5 Å². The van der Waals surface area contributed by atoms with Crippen LogP contribution in [0.5, 0.6) is 0 Å². The van der Waals surface area contributed by atoms with E-state index in [-0.39, 0.29) is 35.3 Å². The lowest BCUT2D eigenvalue weighted by atomic mass is 9.76. The van der Waals surface area contributed by atoms with Crippen molar-refractivity contribution in [3.8, 4) is 0 Å². The Morgan fingerprint density at radius 3 is 2.62 bits per heavy atom. The highest BCUT2D eigenvalue weighted by molar-refractivity contribution is 6.00. The van der Waals surface area contributed by atoms with Crippen molar-refractivity contribution in [2.24, 2.45) is 0 Å². The first-order chi connectivity index (χ1) is 17.9. The molecule has 3 aromatic rings. The first-order valence-electron chi connectivity index (χ1n) is 12.8. The molecule has 2 fully saturated rings. The summed E-state index contributed by atoms with van der Waals surface area (Å²) in [4.78, 5) is 31.2. The molecule has 0 aliphatic heterocycles. The van der Waals surface area contributed by atoms with Crippen molar-refractivity contribution < 1.29 is 14.3 Å². The van der Waals surface area contributed by atoms with Crippen LogP contribution in [0.15, 0.2) is 35.4 Å². The fourth-order valence-electron chi connectivity index (χ4n) is 5.36. The Labute approximate surface area is 215 Å². The highest BCUT2D eigenvalue weighted by atomic mass is 16.5. The predicted molar refractivity (Wildman–Crippen MR) is 141 cm³/mol. The van der Waals surface area contributed by atoms with Crippen LogP contribution in [0.3, 0.4) is 0 Å². The normalized spacial score (nSPS) is 25.5. The molecular formula is C26H35N7O4. The van der Waals surface area contributed by atoms with Crippen molar-refractivity contribution in [1.29, 1.82) is 0 Å². The SMILES string of the molecule is CNc1cc(Nc2cccn([C@H]3CC[C@H](OC)CC3)c2=O)nc2c(C(=O)NC3CC[C@]3(C)OC)cnn12. The van der Waals surface area contributed by atoms with E-state index < -0.39 is 0 Å². The van der Waals surface area contributed by atoms with Crippen LogP contribution in [-0.2, 0) is 9.47 Å². The molecule has 0 spiro atoms. The second-order valence-corrected chi connectivity index (χ2v) is 10.1. The highest BCUT2D eigenvalue weighted by Gasteiger charge is 2.44. The second kappa shape index (κ2) is 10.1. The van der Waals surface area contributed by atoms with E-state index in [1.807, 2.05) is 19.2 Å². The number of ether oxygens (including phenoxy) is 2.